The SMILES string of the molecule is CCOC(=O)c1nc(Br)c2nc(-c3ccc(F)cc3)sc2c1O.CCOC(=O)c1nc(C#N)c2nc(-c3ccc(F)cc3)sc2c1O. The molecule has 11 nitrogen and oxygen atoms in total. The maximum atomic E-state index is 13.0. The normalized spacial score (nSPS) is 10.7. The fourth-order valence-corrected chi connectivity index (χ4v) is 6.72. The average molecular weight is 741 g/mol. The summed E-state index contributed by atoms with van der Waals surface area (Å²) >= 11 is 5.52. The number of halogens is 3. The molecule has 2 N–H and O–H groups in total. The first-order valence-corrected chi connectivity index (χ1v) is 16.0. The molecule has 0 aliphatic heterocycles. The molecule has 0 aliphatic carbocycles. The second kappa shape index (κ2) is 14.1. The molecule has 0 aliphatic rings. The van der Waals surface area contributed by atoms with E-state index in [4.69, 9.17) is 9.47 Å². The van der Waals surface area contributed by atoms with Crippen LogP contribution < -0.4 is 0 Å². The number of benzene rings is 2. The van der Waals surface area contributed by atoms with Crippen LogP contribution in [-0.2, 0) is 9.47 Å². The van der Waals surface area contributed by atoms with E-state index in [1.165, 1.54) is 47.7 Å². The van der Waals surface area contributed by atoms with Gasteiger partial charge in [0.25, 0.3) is 0 Å². The van der Waals surface area contributed by atoms with Crippen LogP contribution in [0.4, 0.5) is 8.78 Å². The Morgan fingerprint density at radius 3 is 1.64 bits per heavy atom. The van der Waals surface area contributed by atoms with Crippen molar-refractivity contribution in [3.63, 3.8) is 0 Å². The second-order valence-electron chi connectivity index (χ2n) is 9.22. The van der Waals surface area contributed by atoms with Gasteiger partial charge in [-0.15, -0.1) is 22.7 Å². The molecule has 0 spiro atoms. The van der Waals surface area contributed by atoms with Crippen molar-refractivity contribution in [2.45, 2.75) is 13.8 Å². The largest absolute Gasteiger partial charge is 0.504 e. The smallest absolute Gasteiger partial charge is 0.360 e. The van der Waals surface area contributed by atoms with Gasteiger partial charge in [-0.25, -0.2) is 38.3 Å². The summed E-state index contributed by atoms with van der Waals surface area (Å²) in [5.41, 5.74) is 1.37. The highest BCUT2D eigenvalue weighted by molar-refractivity contribution is 9.10. The summed E-state index contributed by atoms with van der Waals surface area (Å²) in [6.07, 6.45) is 0. The minimum Gasteiger partial charge on any atom is -0.504 e. The summed E-state index contributed by atoms with van der Waals surface area (Å²) in [6, 6.07) is 13.4. The van der Waals surface area contributed by atoms with Crippen molar-refractivity contribution in [1.29, 1.82) is 5.26 Å². The van der Waals surface area contributed by atoms with Crippen LogP contribution in [0.2, 0.25) is 0 Å². The van der Waals surface area contributed by atoms with Crippen LogP contribution >= 0.6 is 38.6 Å². The fraction of sp³-hybridized carbons (Fsp3) is 0.129. The highest BCUT2D eigenvalue weighted by Crippen LogP contribution is 2.40. The number of esters is 2. The van der Waals surface area contributed by atoms with Crippen molar-refractivity contribution in [3.05, 3.63) is 81.9 Å². The zero-order valence-electron chi connectivity index (χ0n) is 24.2. The Labute approximate surface area is 280 Å². The predicted molar refractivity (Wildman–Crippen MR) is 173 cm³/mol. The number of aromatic hydroxyl groups is 2. The standard InChI is InChI=1S/C16H10FN3O3S.C15H10BrFN2O3S/c1-2-23-16(22)12-13(21)14-11(10(7-18)19-12)20-15(24-14)8-3-5-9(17)6-4-8;1-2-22-15(21)9-11(20)12-10(13(16)18-9)19-14(23-12)7-3-5-8(17)6-4-7/h3-6,21H,2H2,1H3;3-6,20H,2H2,1H3. The number of pyridine rings is 2. The molecule has 16 heteroatoms. The Bertz CT molecular complexity index is 2180. The highest BCUT2D eigenvalue weighted by Gasteiger charge is 2.24. The van der Waals surface area contributed by atoms with Crippen molar-refractivity contribution in [3.8, 4) is 38.7 Å². The van der Waals surface area contributed by atoms with Gasteiger partial charge in [0.1, 0.15) is 52.8 Å². The highest BCUT2D eigenvalue weighted by atomic mass is 79.9. The number of nitrogens with zero attached hydrogens (tertiary/aromatic N) is 5. The molecular formula is C31H20BrF2N5O6S2. The van der Waals surface area contributed by atoms with E-state index in [9.17, 15) is 33.8 Å². The monoisotopic (exact) mass is 739 g/mol. The van der Waals surface area contributed by atoms with Gasteiger partial charge in [-0.3, -0.25) is 0 Å². The molecule has 0 fully saturated rings. The van der Waals surface area contributed by atoms with E-state index in [0.717, 1.165) is 11.3 Å². The van der Waals surface area contributed by atoms with Crippen LogP contribution in [0.1, 0.15) is 40.5 Å². The Hall–Kier alpha value is -5.11. The van der Waals surface area contributed by atoms with E-state index in [1.807, 2.05) is 6.07 Å². The van der Waals surface area contributed by atoms with Gasteiger partial charge in [0, 0.05) is 11.1 Å². The van der Waals surface area contributed by atoms with E-state index < -0.39 is 11.9 Å². The maximum Gasteiger partial charge on any atom is 0.360 e. The summed E-state index contributed by atoms with van der Waals surface area (Å²) in [7, 11) is 0. The van der Waals surface area contributed by atoms with Crippen LogP contribution in [0, 0.1) is 23.0 Å². The molecule has 0 atom stereocenters. The molecule has 0 saturated carbocycles. The first-order valence-electron chi connectivity index (χ1n) is 13.5. The zero-order valence-corrected chi connectivity index (χ0v) is 27.5. The van der Waals surface area contributed by atoms with Gasteiger partial charge in [0.2, 0.25) is 0 Å². The minimum absolute atomic E-state index is 0.0875. The maximum absolute atomic E-state index is 13.0. The average Bonchev–Trinajstić information content (AvgIpc) is 3.71. The van der Waals surface area contributed by atoms with E-state index in [2.05, 4.69) is 35.9 Å². The number of hydrogen-bond donors (Lipinski definition) is 2. The molecule has 0 saturated heterocycles. The molecule has 6 rings (SSSR count). The second-order valence-corrected chi connectivity index (χ2v) is 12.0. The van der Waals surface area contributed by atoms with Crippen molar-refractivity contribution in [1.82, 2.24) is 19.9 Å². The molecule has 0 bridgehead atoms. The topological polar surface area (TPSA) is 168 Å². The van der Waals surface area contributed by atoms with Gasteiger partial charge in [-0.1, -0.05) is 0 Å². The molecule has 0 amide bonds. The molecule has 4 heterocycles. The van der Waals surface area contributed by atoms with Crippen molar-refractivity contribution in [2.75, 3.05) is 13.2 Å². The summed E-state index contributed by atoms with van der Waals surface area (Å²) in [4.78, 5) is 40.3. The number of nitriles is 1. The van der Waals surface area contributed by atoms with Crippen molar-refractivity contribution in [2.24, 2.45) is 0 Å². The Morgan fingerprint density at radius 2 is 1.19 bits per heavy atom. The van der Waals surface area contributed by atoms with E-state index >= 15 is 0 Å². The van der Waals surface area contributed by atoms with E-state index in [-0.39, 0.29) is 63.6 Å². The summed E-state index contributed by atoms with van der Waals surface area (Å²) in [5, 5.41) is 30.9. The van der Waals surface area contributed by atoms with Crippen LogP contribution in [0.3, 0.4) is 0 Å². The lowest BCUT2D eigenvalue weighted by molar-refractivity contribution is 0.0506. The molecular weight excluding hydrogens is 720 g/mol. The molecule has 238 valence electrons. The lowest BCUT2D eigenvalue weighted by Gasteiger charge is -2.04. The molecule has 47 heavy (non-hydrogen) atoms. The third-order valence-electron chi connectivity index (χ3n) is 6.21. The van der Waals surface area contributed by atoms with Crippen molar-refractivity contribution < 1.29 is 38.1 Å². The lowest BCUT2D eigenvalue weighted by atomic mass is 10.2. The minimum atomic E-state index is -0.815. The van der Waals surface area contributed by atoms with Crippen LogP contribution in [0.15, 0.2) is 53.1 Å². The summed E-state index contributed by atoms with van der Waals surface area (Å²) in [5.74, 6) is -2.90. The molecule has 6 aromatic rings. The van der Waals surface area contributed by atoms with Gasteiger partial charge in [-0.2, -0.15) is 5.26 Å². The number of aromatic nitrogens is 4. The number of thiazole rings is 2. The predicted octanol–water partition coefficient (Wildman–Crippen LogP) is 7.39. The third-order valence-corrected chi connectivity index (χ3v) is 8.99. The fourth-order valence-electron chi connectivity index (χ4n) is 4.09. The zero-order chi connectivity index (χ0) is 33.8. The van der Waals surface area contributed by atoms with Crippen LogP contribution in [0.5, 0.6) is 11.5 Å². The first kappa shape index (κ1) is 33.3. The Kier molecular flexibility index (Phi) is 9.99. The Morgan fingerprint density at radius 1 is 0.766 bits per heavy atom. The van der Waals surface area contributed by atoms with E-state index in [1.54, 1.807) is 26.0 Å². The number of carbonyl (C=O) groups excluding carboxylic acids is 2. The molecule has 0 unspecified atom stereocenters. The van der Waals surface area contributed by atoms with Crippen molar-refractivity contribution >= 4 is 71.0 Å². The van der Waals surface area contributed by atoms with Gasteiger partial charge in [-0.05, 0) is 78.3 Å². The van der Waals surface area contributed by atoms with Crippen LogP contribution in [0.25, 0.3) is 41.6 Å². The summed E-state index contributed by atoms with van der Waals surface area (Å²) in [6.45, 7) is 3.59. The Balaban J connectivity index is 0.000000185. The molecule has 2 aromatic carbocycles. The van der Waals surface area contributed by atoms with Gasteiger partial charge >= 0.3 is 11.9 Å². The van der Waals surface area contributed by atoms with Gasteiger partial charge in [0.05, 0.1) is 13.2 Å². The van der Waals surface area contributed by atoms with Crippen LogP contribution in [-0.4, -0.2) is 55.3 Å². The number of carbonyl (C=O) groups is 2. The van der Waals surface area contributed by atoms with Gasteiger partial charge in [0.15, 0.2) is 28.6 Å². The van der Waals surface area contributed by atoms with Gasteiger partial charge < -0.3 is 19.7 Å². The lowest BCUT2D eigenvalue weighted by Crippen LogP contribution is -2.08. The number of fused-ring (bicyclic) bond motifs is 2. The number of rotatable bonds is 6. The van der Waals surface area contributed by atoms with E-state index in [0.29, 0.717) is 36.0 Å². The number of ether oxygens (including phenoxy) is 2. The quantitative estimate of drug-likeness (QED) is 0.129. The molecule has 4 aromatic heterocycles. The number of hydrogen-bond acceptors (Lipinski definition) is 13. The first-order chi connectivity index (χ1) is 22.6. The molecule has 0 radical (unpaired) electrons. The summed E-state index contributed by atoms with van der Waals surface area (Å²) < 4.78 is 36.8. The third kappa shape index (κ3) is 6.87.